The molecule has 17 heteroatoms. The number of cyclic esters (lactones) is 1. The molecule has 2 heterocycles. The van der Waals surface area contributed by atoms with Crippen molar-refractivity contribution >= 4 is 35.9 Å². The van der Waals surface area contributed by atoms with E-state index in [0.717, 1.165) is 7.11 Å². The SMILES string of the molecule is COC(=O)O[C@@]12CO[C@@H]1CC(O)[C@@]1(C)C(=O)[C@H](O)C3=C(C)[C@@H](OC(=O)[C@H](O)[C@@H](N4C(=O)OC(C)(C)C4=O)C(C)(C)C)C[C@@](O)([C@@H](OC(=O)c4ccccc4)C12)C3(C)C. The number of benzene rings is 1. The Hall–Kier alpha value is -4.42. The van der Waals surface area contributed by atoms with E-state index in [-0.39, 0.29) is 29.7 Å². The largest absolute Gasteiger partial charge is 0.508 e. The molecule has 0 radical (unpaired) electrons. The molecule has 2 bridgehead atoms. The number of Topliss-reactive ketones (excluding diaryl/α,β-unsaturated/α-hetero) is 1. The lowest BCUT2D eigenvalue weighted by Crippen LogP contribution is -2.81. The molecular weight excluding hydrogens is 762 g/mol. The van der Waals surface area contributed by atoms with Gasteiger partial charge in [-0.15, -0.1) is 0 Å². The zero-order chi connectivity index (χ0) is 43.3. The molecule has 318 valence electrons. The van der Waals surface area contributed by atoms with Crippen LogP contribution in [-0.4, -0.2) is 134 Å². The fourth-order valence-corrected chi connectivity index (χ4v) is 9.97. The van der Waals surface area contributed by atoms with Gasteiger partial charge in [0, 0.05) is 18.3 Å². The average Bonchev–Trinajstić information content (AvgIpc) is 3.33. The van der Waals surface area contributed by atoms with Crippen LogP contribution in [0.15, 0.2) is 41.5 Å². The third kappa shape index (κ3) is 6.23. The summed E-state index contributed by atoms with van der Waals surface area (Å²) in [5, 5.41) is 49.1. The van der Waals surface area contributed by atoms with Crippen molar-refractivity contribution in [3.05, 3.63) is 47.0 Å². The van der Waals surface area contributed by atoms with E-state index in [0.29, 0.717) is 4.90 Å². The molecule has 17 nitrogen and oxygen atoms in total. The van der Waals surface area contributed by atoms with Crippen LogP contribution in [0.25, 0.3) is 0 Å². The third-order valence-electron chi connectivity index (χ3n) is 13.3. The summed E-state index contributed by atoms with van der Waals surface area (Å²) in [5.74, 6) is -5.69. The summed E-state index contributed by atoms with van der Waals surface area (Å²) >= 11 is 0. The predicted octanol–water partition coefficient (Wildman–Crippen LogP) is 2.39. The molecule has 2 saturated carbocycles. The van der Waals surface area contributed by atoms with Crippen LogP contribution in [0.2, 0.25) is 0 Å². The second-order valence-corrected chi connectivity index (χ2v) is 18.4. The van der Waals surface area contributed by atoms with Crippen LogP contribution in [0.4, 0.5) is 9.59 Å². The zero-order valence-corrected chi connectivity index (χ0v) is 34.3. The third-order valence-corrected chi connectivity index (χ3v) is 13.3. The van der Waals surface area contributed by atoms with Crippen LogP contribution >= 0.6 is 0 Å². The normalized spacial score (nSPS) is 36.2. The number of hydrogen-bond acceptors (Lipinski definition) is 16. The highest BCUT2D eigenvalue weighted by atomic mass is 16.8. The molecule has 0 aromatic heterocycles. The van der Waals surface area contributed by atoms with Gasteiger partial charge in [-0.2, -0.15) is 0 Å². The van der Waals surface area contributed by atoms with E-state index >= 15 is 0 Å². The number of methoxy groups -OCH3 is 1. The number of fused-ring (bicyclic) bond motifs is 5. The van der Waals surface area contributed by atoms with Gasteiger partial charge in [0.2, 0.25) is 0 Å². The minimum absolute atomic E-state index is 0.0416. The molecule has 2 saturated heterocycles. The highest BCUT2D eigenvalue weighted by Gasteiger charge is 2.78. The van der Waals surface area contributed by atoms with Crippen molar-refractivity contribution in [2.24, 2.45) is 22.2 Å². The number of hydrogen-bond donors (Lipinski definition) is 4. The second kappa shape index (κ2) is 14.1. The number of nitrogens with zero attached hydrogens (tertiary/aromatic N) is 1. The number of ether oxygens (including phenoxy) is 6. The zero-order valence-electron chi connectivity index (χ0n) is 34.3. The second-order valence-electron chi connectivity index (χ2n) is 18.4. The fourth-order valence-electron chi connectivity index (χ4n) is 9.97. The lowest BCUT2D eigenvalue weighted by atomic mass is 9.44. The summed E-state index contributed by atoms with van der Waals surface area (Å²) in [6.07, 6.45) is -13.5. The predicted molar refractivity (Wildman–Crippen MR) is 197 cm³/mol. The van der Waals surface area contributed by atoms with Crippen LogP contribution in [0.5, 0.6) is 0 Å². The summed E-state index contributed by atoms with van der Waals surface area (Å²) in [4.78, 5) is 83.2. The smallest absolute Gasteiger partial charge is 0.456 e. The van der Waals surface area contributed by atoms with E-state index in [1.54, 1.807) is 39.0 Å². The van der Waals surface area contributed by atoms with E-state index in [1.165, 1.54) is 53.7 Å². The first-order chi connectivity index (χ1) is 26.7. The first kappa shape index (κ1) is 43.2. The van der Waals surface area contributed by atoms with E-state index < -0.39 is 124 Å². The van der Waals surface area contributed by atoms with Crippen molar-refractivity contribution < 1.29 is 77.6 Å². The Bertz CT molecular complexity index is 1940. The molecule has 58 heavy (non-hydrogen) atoms. The van der Waals surface area contributed by atoms with Crippen LogP contribution in [0.3, 0.4) is 0 Å². The Kier molecular flexibility index (Phi) is 10.5. The van der Waals surface area contributed by atoms with Crippen molar-refractivity contribution in [1.82, 2.24) is 4.90 Å². The summed E-state index contributed by atoms with van der Waals surface area (Å²) in [6.45, 7) is 12.9. The standard InChI is InChI=1S/C41H53NO16/c1-19-21(55-32(48)26(45)28(36(2,3)4)42-33(49)38(7,8)57-34(42)50)17-41(52)30(56-31(47)20-14-12-11-13-15-20)27-39(9,29(46)25(44)24(19)37(41,5)6)22(43)16-23-40(27,18-54-23)58-35(51)53-10/h11-15,21-23,25-28,30,43-45,52H,16-18H2,1-10H3/t21-,22?,23+,25+,26+,27?,28+,30-,39+,40-,41+/m0/s1. The number of aliphatic hydroxyl groups excluding tert-OH is 3. The summed E-state index contributed by atoms with van der Waals surface area (Å²) in [7, 11) is 1.06. The maximum atomic E-state index is 15.0. The van der Waals surface area contributed by atoms with Gasteiger partial charge < -0.3 is 48.8 Å². The number of carbonyl (C=O) groups excluding carboxylic acids is 6. The topological polar surface area (TPSA) is 242 Å². The van der Waals surface area contributed by atoms with Crippen molar-refractivity contribution in [3.63, 3.8) is 0 Å². The molecule has 2 unspecified atom stereocenters. The summed E-state index contributed by atoms with van der Waals surface area (Å²) in [6, 6.07) is 6.21. The van der Waals surface area contributed by atoms with E-state index in [1.807, 2.05) is 0 Å². The van der Waals surface area contributed by atoms with Gasteiger partial charge >= 0.3 is 24.2 Å². The number of aliphatic hydroxyl groups is 4. The number of amides is 2. The Morgan fingerprint density at radius 1 is 0.983 bits per heavy atom. The monoisotopic (exact) mass is 815 g/mol. The number of imide groups is 1. The fraction of sp³-hybridized carbons (Fsp3) is 0.659. The first-order valence-electron chi connectivity index (χ1n) is 19.2. The molecule has 1 aromatic rings. The van der Waals surface area contributed by atoms with Gasteiger partial charge in [-0.05, 0) is 56.4 Å². The molecular formula is C41H53NO16. The molecule has 11 atom stereocenters. The van der Waals surface area contributed by atoms with Crippen molar-refractivity contribution in [2.75, 3.05) is 13.7 Å². The number of ketones is 1. The van der Waals surface area contributed by atoms with Gasteiger partial charge in [0.15, 0.2) is 23.1 Å². The molecule has 3 aliphatic carbocycles. The first-order valence-corrected chi connectivity index (χ1v) is 19.2. The van der Waals surface area contributed by atoms with E-state index in [9.17, 15) is 49.2 Å². The summed E-state index contributed by atoms with van der Waals surface area (Å²) in [5.41, 5.74) is -10.8. The molecule has 4 N–H and O–H groups in total. The molecule has 2 amide bonds. The maximum absolute atomic E-state index is 15.0. The Balaban J connectivity index is 1.52. The number of esters is 2. The van der Waals surface area contributed by atoms with Crippen LogP contribution < -0.4 is 0 Å². The van der Waals surface area contributed by atoms with Gasteiger partial charge in [0.1, 0.15) is 30.0 Å². The molecule has 6 rings (SSSR count). The van der Waals surface area contributed by atoms with Crippen LogP contribution in [-0.2, 0) is 42.8 Å². The van der Waals surface area contributed by atoms with Crippen molar-refractivity contribution in [2.45, 2.75) is 135 Å². The molecule has 4 fully saturated rings. The van der Waals surface area contributed by atoms with Gasteiger partial charge in [-0.25, -0.2) is 24.1 Å². The Morgan fingerprint density at radius 2 is 1.60 bits per heavy atom. The van der Waals surface area contributed by atoms with E-state index in [4.69, 9.17) is 28.4 Å². The highest BCUT2D eigenvalue weighted by Crippen LogP contribution is 2.64. The average molecular weight is 816 g/mol. The highest BCUT2D eigenvalue weighted by molar-refractivity contribution is 6.03. The Labute approximate surface area is 335 Å². The van der Waals surface area contributed by atoms with Gasteiger partial charge in [0.25, 0.3) is 5.91 Å². The quantitative estimate of drug-likeness (QED) is 0.175. The molecule has 2 aliphatic heterocycles. The van der Waals surface area contributed by atoms with Gasteiger partial charge in [-0.3, -0.25) is 9.59 Å². The molecule has 0 spiro atoms. The molecule has 1 aromatic carbocycles. The Morgan fingerprint density at radius 3 is 2.12 bits per heavy atom. The minimum Gasteiger partial charge on any atom is -0.456 e. The number of rotatable bonds is 7. The van der Waals surface area contributed by atoms with E-state index in [2.05, 4.69) is 0 Å². The minimum atomic E-state index is -2.43. The lowest BCUT2D eigenvalue weighted by molar-refractivity contribution is -0.344. The van der Waals surface area contributed by atoms with Crippen LogP contribution in [0, 0.1) is 22.2 Å². The maximum Gasteiger partial charge on any atom is 0.508 e. The van der Waals surface area contributed by atoms with Crippen molar-refractivity contribution in [3.8, 4) is 0 Å². The van der Waals surface area contributed by atoms with Crippen molar-refractivity contribution in [1.29, 1.82) is 0 Å². The van der Waals surface area contributed by atoms with Crippen LogP contribution in [0.1, 0.15) is 85.5 Å². The molecule has 5 aliphatic rings. The lowest BCUT2D eigenvalue weighted by Gasteiger charge is -2.67. The van der Waals surface area contributed by atoms with Gasteiger partial charge in [0.05, 0.1) is 42.8 Å². The van der Waals surface area contributed by atoms with Gasteiger partial charge in [-0.1, -0.05) is 52.8 Å². The summed E-state index contributed by atoms with van der Waals surface area (Å²) < 4.78 is 34.0. The number of carbonyl (C=O) groups is 6.